The predicted octanol–water partition coefficient (Wildman–Crippen LogP) is -0.0774. The van der Waals surface area contributed by atoms with Gasteiger partial charge in [0.15, 0.2) is 0 Å². The quantitative estimate of drug-likeness (QED) is 0.579. The Balaban J connectivity index is 0.000001000. The van der Waals surface area contributed by atoms with Gasteiger partial charge in [-0.05, 0) is 0 Å². The van der Waals surface area contributed by atoms with E-state index in [1.165, 1.54) is 11.1 Å². The summed E-state index contributed by atoms with van der Waals surface area (Å²) in [5.74, 6) is 0.622. The van der Waals surface area contributed by atoms with Crippen molar-refractivity contribution in [2.24, 2.45) is 0 Å². The van der Waals surface area contributed by atoms with Gasteiger partial charge in [-0.1, -0.05) is 26.7 Å². The van der Waals surface area contributed by atoms with Crippen LogP contribution in [0.2, 0.25) is 0 Å². The Bertz CT molecular complexity index is 199. The van der Waals surface area contributed by atoms with Crippen molar-refractivity contribution in [2.45, 2.75) is 26.7 Å². The summed E-state index contributed by atoms with van der Waals surface area (Å²) in [6.07, 6.45) is 0. The summed E-state index contributed by atoms with van der Waals surface area (Å²) in [4.78, 5) is 0. The first kappa shape index (κ1) is 12.0. The SMILES string of the molecule is Cc1[c-]cc(C(C)C)cc1.[Rb+]. The third kappa shape index (κ3) is 3.98. The fourth-order valence-electron chi connectivity index (χ4n) is 0.874. The van der Waals surface area contributed by atoms with E-state index in [2.05, 4.69) is 45.0 Å². The van der Waals surface area contributed by atoms with Gasteiger partial charge < -0.3 is 0 Å². The Kier molecular flexibility index (Phi) is 6.16. The van der Waals surface area contributed by atoms with Crippen LogP contribution in [0.3, 0.4) is 0 Å². The van der Waals surface area contributed by atoms with Gasteiger partial charge in [0, 0.05) is 0 Å². The number of hydrogen-bond donors (Lipinski definition) is 0. The van der Waals surface area contributed by atoms with Crippen LogP contribution in [0.1, 0.15) is 30.9 Å². The summed E-state index contributed by atoms with van der Waals surface area (Å²) in [5, 5.41) is 0. The van der Waals surface area contributed by atoms with Crippen molar-refractivity contribution < 1.29 is 58.2 Å². The molecule has 0 spiro atoms. The molecule has 0 heterocycles. The fourth-order valence-corrected chi connectivity index (χ4v) is 0.874. The molecule has 0 saturated carbocycles. The second-order valence-corrected chi connectivity index (χ2v) is 2.96. The molecule has 0 nitrogen and oxygen atoms in total. The predicted molar refractivity (Wildman–Crippen MR) is 44.1 cm³/mol. The third-order valence-electron chi connectivity index (χ3n) is 1.66. The Hall–Kier alpha value is 1.03. The van der Waals surface area contributed by atoms with Crippen molar-refractivity contribution in [2.75, 3.05) is 0 Å². The molecule has 0 aliphatic carbocycles. The number of benzene rings is 1. The zero-order valence-electron chi connectivity index (χ0n) is 7.81. The van der Waals surface area contributed by atoms with E-state index in [0.717, 1.165) is 0 Å². The van der Waals surface area contributed by atoms with Gasteiger partial charge in [-0.2, -0.15) is 35.4 Å². The molecule has 11 heavy (non-hydrogen) atoms. The zero-order valence-corrected chi connectivity index (χ0v) is 12.7. The molecule has 0 aliphatic rings. The molecule has 0 bridgehead atoms. The van der Waals surface area contributed by atoms with Crippen LogP contribution in [0.25, 0.3) is 0 Å². The Morgan fingerprint density at radius 3 is 2.27 bits per heavy atom. The zero-order chi connectivity index (χ0) is 7.56. The molecule has 1 heteroatoms. The second kappa shape index (κ2) is 5.63. The maximum absolute atomic E-state index is 3.18. The second-order valence-electron chi connectivity index (χ2n) is 2.96. The van der Waals surface area contributed by atoms with Gasteiger partial charge in [-0.3, -0.25) is 0 Å². The molecule has 0 fully saturated rings. The van der Waals surface area contributed by atoms with Crippen molar-refractivity contribution in [1.82, 2.24) is 0 Å². The molecule has 0 N–H and O–H groups in total. The van der Waals surface area contributed by atoms with Gasteiger partial charge in [0.2, 0.25) is 0 Å². The van der Waals surface area contributed by atoms with E-state index in [-0.39, 0.29) is 58.2 Å². The molecular weight excluding hydrogens is 206 g/mol. The van der Waals surface area contributed by atoms with Crippen molar-refractivity contribution >= 4 is 0 Å². The van der Waals surface area contributed by atoms with Crippen molar-refractivity contribution in [3.05, 3.63) is 35.4 Å². The Morgan fingerprint density at radius 2 is 1.91 bits per heavy atom. The van der Waals surface area contributed by atoms with Gasteiger partial charge in [-0.15, -0.1) is 0 Å². The molecule has 1 aromatic rings. The number of aryl methyl sites for hydroxylation is 1. The summed E-state index contributed by atoms with van der Waals surface area (Å²) in [6, 6.07) is 9.52. The molecule has 0 saturated heterocycles. The van der Waals surface area contributed by atoms with E-state index >= 15 is 0 Å². The molecule has 0 amide bonds. The average molecular weight is 219 g/mol. The van der Waals surface area contributed by atoms with Crippen LogP contribution in [0.5, 0.6) is 0 Å². The van der Waals surface area contributed by atoms with Crippen LogP contribution in [-0.2, 0) is 0 Å². The van der Waals surface area contributed by atoms with Crippen LogP contribution in [0, 0.1) is 13.0 Å². The average Bonchev–Trinajstić information content (AvgIpc) is 1.88. The van der Waals surface area contributed by atoms with E-state index in [1.807, 2.05) is 0 Å². The molecular formula is C10H13Rb. The smallest absolute Gasteiger partial charge is 0.180 e. The van der Waals surface area contributed by atoms with Crippen LogP contribution in [-0.4, -0.2) is 0 Å². The summed E-state index contributed by atoms with van der Waals surface area (Å²) in [6.45, 7) is 6.45. The largest absolute Gasteiger partial charge is 1.00 e. The summed E-state index contributed by atoms with van der Waals surface area (Å²) in [5.41, 5.74) is 2.58. The minimum absolute atomic E-state index is 0. The Labute approximate surface area is 118 Å². The molecule has 0 aliphatic heterocycles. The summed E-state index contributed by atoms with van der Waals surface area (Å²) >= 11 is 0. The van der Waals surface area contributed by atoms with E-state index in [4.69, 9.17) is 0 Å². The van der Waals surface area contributed by atoms with E-state index in [1.54, 1.807) is 0 Å². The number of rotatable bonds is 1. The summed E-state index contributed by atoms with van der Waals surface area (Å²) in [7, 11) is 0. The maximum Gasteiger partial charge on any atom is 1.00 e. The van der Waals surface area contributed by atoms with Gasteiger partial charge in [0.1, 0.15) is 0 Å². The molecule has 0 atom stereocenters. The van der Waals surface area contributed by atoms with Gasteiger partial charge in [-0.25, -0.2) is 0 Å². The minimum atomic E-state index is 0. The van der Waals surface area contributed by atoms with Crippen molar-refractivity contribution in [3.63, 3.8) is 0 Å². The third-order valence-corrected chi connectivity index (χ3v) is 1.66. The maximum atomic E-state index is 3.18. The monoisotopic (exact) mass is 218 g/mol. The van der Waals surface area contributed by atoms with Gasteiger partial charge in [0.05, 0.1) is 0 Å². The van der Waals surface area contributed by atoms with E-state index < -0.39 is 0 Å². The van der Waals surface area contributed by atoms with Crippen LogP contribution in [0.4, 0.5) is 0 Å². The first-order valence-corrected chi connectivity index (χ1v) is 3.68. The molecule has 54 valence electrons. The molecule has 0 unspecified atom stereocenters. The minimum Gasteiger partial charge on any atom is -0.180 e. The molecule has 1 rings (SSSR count). The van der Waals surface area contributed by atoms with Gasteiger partial charge >= 0.3 is 58.2 Å². The van der Waals surface area contributed by atoms with Crippen LogP contribution < -0.4 is 58.2 Å². The van der Waals surface area contributed by atoms with Crippen molar-refractivity contribution in [1.29, 1.82) is 0 Å². The van der Waals surface area contributed by atoms with Crippen LogP contribution >= 0.6 is 0 Å². The standard InChI is InChI=1S/C10H13.Rb/c1-8(2)10-6-4-9(3)5-7-10;/h4,6-8H,1-3H3;/q-1;+1. The Morgan fingerprint density at radius 1 is 1.27 bits per heavy atom. The first-order chi connectivity index (χ1) is 4.70. The first-order valence-electron chi connectivity index (χ1n) is 3.68. The molecule has 1 aromatic carbocycles. The normalized spacial score (nSPS) is 9.45. The van der Waals surface area contributed by atoms with Crippen LogP contribution in [0.15, 0.2) is 18.2 Å². The fraction of sp³-hybridized carbons (Fsp3) is 0.400. The molecule has 0 aromatic heterocycles. The topological polar surface area (TPSA) is 0 Å². The summed E-state index contributed by atoms with van der Waals surface area (Å²) < 4.78 is 0. The van der Waals surface area contributed by atoms with Gasteiger partial charge in [0.25, 0.3) is 0 Å². The van der Waals surface area contributed by atoms with E-state index in [0.29, 0.717) is 5.92 Å². The molecule has 0 radical (unpaired) electrons. The van der Waals surface area contributed by atoms with Crippen molar-refractivity contribution in [3.8, 4) is 0 Å². The van der Waals surface area contributed by atoms with E-state index in [9.17, 15) is 0 Å². The number of hydrogen-bond acceptors (Lipinski definition) is 0.